The summed E-state index contributed by atoms with van der Waals surface area (Å²) >= 11 is 0. The molecule has 3 rings (SSSR count). The fourth-order valence-electron chi connectivity index (χ4n) is 2.53. The molecular formula is C16H18N2O2. The Kier molecular flexibility index (Phi) is 3.65. The number of hydrogen-bond donors (Lipinski definition) is 1. The highest BCUT2D eigenvalue weighted by molar-refractivity contribution is 5.81. The largest absolute Gasteiger partial charge is 0.468 e. The van der Waals surface area contributed by atoms with Gasteiger partial charge in [-0.2, -0.15) is 0 Å². The number of esters is 1. The highest BCUT2D eigenvalue weighted by Crippen LogP contribution is 2.33. The van der Waals surface area contributed by atoms with Crippen LogP contribution in [-0.4, -0.2) is 24.1 Å². The third kappa shape index (κ3) is 2.65. The van der Waals surface area contributed by atoms with E-state index in [9.17, 15) is 4.79 Å². The lowest BCUT2D eigenvalue weighted by atomic mass is 10.1. The van der Waals surface area contributed by atoms with Crippen molar-refractivity contribution in [1.82, 2.24) is 10.3 Å². The van der Waals surface area contributed by atoms with Crippen molar-refractivity contribution < 1.29 is 9.53 Å². The summed E-state index contributed by atoms with van der Waals surface area (Å²) in [6.45, 7) is 0.630. The molecule has 0 saturated heterocycles. The van der Waals surface area contributed by atoms with Crippen LogP contribution in [0.2, 0.25) is 0 Å². The minimum Gasteiger partial charge on any atom is -0.468 e. The van der Waals surface area contributed by atoms with E-state index in [2.05, 4.69) is 10.3 Å². The molecule has 4 nitrogen and oxygen atoms in total. The molecule has 0 spiro atoms. The maximum absolute atomic E-state index is 11.8. The van der Waals surface area contributed by atoms with Crippen LogP contribution in [0.1, 0.15) is 18.4 Å². The molecule has 1 N–H and O–H groups in total. The molecule has 1 heterocycles. The molecule has 2 aromatic rings. The number of ether oxygens (including phenoxy) is 1. The zero-order valence-electron chi connectivity index (χ0n) is 11.5. The van der Waals surface area contributed by atoms with Crippen molar-refractivity contribution in [2.75, 3.05) is 7.11 Å². The summed E-state index contributed by atoms with van der Waals surface area (Å²) in [6, 6.07) is 9.89. The second kappa shape index (κ2) is 5.59. The number of methoxy groups -OCH3 is 1. The molecule has 1 unspecified atom stereocenters. The second-order valence-electron chi connectivity index (χ2n) is 5.21. The van der Waals surface area contributed by atoms with E-state index in [-0.39, 0.29) is 12.0 Å². The molecule has 104 valence electrons. The first-order valence-corrected chi connectivity index (χ1v) is 6.93. The molecule has 0 bridgehead atoms. The van der Waals surface area contributed by atoms with E-state index in [0.717, 1.165) is 29.3 Å². The molecule has 1 aliphatic rings. The number of carbonyl (C=O) groups excluding carboxylic acids is 1. The number of benzene rings is 1. The number of aromatic nitrogens is 1. The Bertz CT molecular complexity index is 617. The maximum Gasteiger partial charge on any atom is 0.323 e. The van der Waals surface area contributed by atoms with Crippen LogP contribution in [0.15, 0.2) is 36.5 Å². The fourth-order valence-corrected chi connectivity index (χ4v) is 2.53. The van der Waals surface area contributed by atoms with E-state index in [0.29, 0.717) is 12.5 Å². The van der Waals surface area contributed by atoms with Gasteiger partial charge in [0, 0.05) is 18.1 Å². The number of rotatable bonds is 5. The van der Waals surface area contributed by atoms with Crippen LogP contribution >= 0.6 is 0 Å². The van der Waals surface area contributed by atoms with Gasteiger partial charge in [-0.15, -0.1) is 0 Å². The molecule has 1 atom stereocenters. The van der Waals surface area contributed by atoms with Crippen molar-refractivity contribution in [3.63, 3.8) is 0 Å². The van der Waals surface area contributed by atoms with Gasteiger partial charge in [0.15, 0.2) is 0 Å². The average Bonchev–Trinajstić information content (AvgIpc) is 3.32. The number of nitrogens with one attached hydrogen (secondary N) is 1. The molecule has 4 heteroatoms. The van der Waals surface area contributed by atoms with Crippen molar-refractivity contribution >= 4 is 16.9 Å². The number of carbonyl (C=O) groups is 1. The Morgan fingerprint density at radius 2 is 2.20 bits per heavy atom. The van der Waals surface area contributed by atoms with Crippen molar-refractivity contribution in [3.05, 3.63) is 42.1 Å². The molecule has 1 aliphatic carbocycles. The highest BCUT2D eigenvalue weighted by Gasteiger charge is 2.36. The maximum atomic E-state index is 11.8. The van der Waals surface area contributed by atoms with Crippen LogP contribution in [0.25, 0.3) is 10.9 Å². The van der Waals surface area contributed by atoms with Gasteiger partial charge in [-0.05, 0) is 30.4 Å². The minimum absolute atomic E-state index is 0.166. The Morgan fingerprint density at radius 3 is 2.95 bits per heavy atom. The first-order valence-electron chi connectivity index (χ1n) is 6.93. The summed E-state index contributed by atoms with van der Waals surface area (Å²) in [7, 11) is 1.44. The zero-order valence-corrected chi connectivity index (χ0v) is 11.5. The van der Waals surface area contributed by atoms with Crippen molar-refractivity contribution in [3.8, 4) is 0 Å². The van der Waals surface area contributed by atoms with E-state index >= 15 is 0 Å². The third-order valence-corrected chi connectivity index (χ3v) is 3.78. The van der Waals surface area contributed by atoms with Gasteiger partial charge in [0.05, 0.1) is 12.6 Å². The quantitative estimate of drug-likeness (QED) is 0.847. The number of nitrogens with zero attached hydrogens (tertiary/aromatic N) is 1. The highest BCUT2D eigenvalue weighted by atomic mass is 16.5. The van der Waals surface area contributed by atoms with Crippen molar-refractivity contribution in [1.29, 1.82) is 0 Å². The van der Waals surface area contributed by atoms with Gasteiger partial charge in [0.2, 0.25) is 0 Å². The Labute approximate surface area is 118 Å². The fraction of sp³-hybridized carbons (Fsp3) is 0.375. The lowest BCUT2D eigenvalue weighted by Crippen LogP contribution is -2.39. The molecule has 0 amide bonds. The summed E-state index contributed by atoms with van der Waals surface area (Å²) in [5, 5.41) is 4.44. The van der Waals surface area contributed by atoms with E-state index in [4.69, 9.17) is 4.74 Å². The number of fused-ring (bicyclic) bond motifs is 1. The van der Waals surface area contributed by atoms with E-state index in [1.165, 1.54) is 7.11 Å². The Balaban J connectivity index is 1.77. The summed E-state index contributed by atoms with van der Waals surface area (Å²) in [5.41, 5.74) is 2.10. The standard InChI is InChI=1S/C16H18N2O2/c1-20-16(19)15(12-7-8-12)18-10-13-5-2-4-11-6-3-9-17-14(11)13/h2-6,9,12,15,18H,7-8,10H2,1H3. The molecule has 20 heavy (non-hydrogen) atoms. The first kappa shape index (κ1) is 13.1. The molecule has 0 aliphatic heterocycles. The normalized spacial score (nSPS) is 16.1. The van der Waals surface area contributed by atoms with Gasteiger partial charge in [-0.25, -0.2) is 0 Å². The Morgan fingerprint density at radius 1 is 1.40 bits per heavy atom. The number of para-hydroxylation sites is 1. The predicted octanol–water partition coefficient (Wildman–Crippen LogP) is 2.28. The van der Waals surface area contributed by atoms with Crippen LogP contribution in [-0.2, 0) is 16.1 Å². The third-order valence-electron chi connectivity index (χ3n) is 3.78. The average molecular weight is 270 g/mol. The van der Waals surface area contributed by atoms with Gasteiger partial charge in [-0.3, -0.25) is 15.1 Å². The minimum atomic E-state index is -0.195. The predicted molar refractivity (Wildman–Crippen MR) is 77.1 cm³/mol. The van der Waals surface area contributed by atoms with E-state index in [1.54, 1.807) is 6.20 Å². The Hall–Kier alpha value is -1.94. The lowest BCUT2D eigenvalue weighted by molar-refractivity contribution is -0.143. The molecule has 1 aromatic carbocycles. The number of hydrogen-bond acceptors (Lipinski definition) is 4. The van der Waals surface area contributed by atoms with Crippen LogP contribution in [0.4, 0.5) is 0 Å². The monoisotopic (exact) mass is 270 g/mol. The molecule has 1 saturated carbocycles. The molecule has 0 radical (unpaired) electrons. The van der Waals surface area contributed by atoms with Crippen LogP contribution in [0.3, 0.4) is 0 Å². The van der Waals surface area contributed by atoms with Crippen LogP contribution in [0.5, 0.6) is 0 Å². The smallest absolute Gasteiger partial charge is 0.323 e. The van der Waals surface area contributed by atoms with Gasteiger partial charge in [0.25, 0.3) is 0 Å². The summed E-state index contributed by atoms with van der Waals surface area (Å²) in [4.78, 5) is 16.2. The molecule has 1 fully saturated rings. The SMILES string of the molecule is COC(=O)C(NCc1cccc2cccnc12)C1CC1. The van der Waals surface area contributed by atoms with Crippen LogP contribution in [0, 0.1) is 5.92 Å². The molecular weight excluding hydrogens is 252 g/mol. The second-order valence-corrected chi connectivity index (χ2v) is 5.21. The van der Waals surface area contributed by atoms with Gasteiger partial charge in [-0.1, -0.05) is 24.3 Å². The van der Waals surface area contributed by atoms with E-state index < -0.39 is 0 Å². The van der Waals surface area contributed by atoms with Crippen molar-refractivity contribution in [2.24, 2.45) is 5.92 Å². The first-order chi connectivity index (χ1) is 9.79. The number of pyridine rings is 1. The van der Waals surface area contributed by atoms with E-state index in [1.807, 2.05) is 30.3 Å². The van der Waals surface area contributed by atoms with Crippen molar-refractivity contribution in [2.45, 2.75) is 25.4 Å². The lowest BCUT2D eigenvalue weighted by Gasteiger charge is -2.16. The summed E-state index contributed by atoms with van der Waals surface area (Å²) in [5.74, 6) is 0.256. The van der Waals surface area contributed by atoms with Crippen LogP contribution < -0.4 is 5.32 Å². The van der Waals surface area contributed by atoms with Gasteiger partial charge in [0.1, 0.15) is 6.04 Å². The summed E-state index contributed by atoms with van der Waals surface area (Å²) in [6.07, 6.45) is 3.99. The molecule has 1 aromatic heterocycles. The summed E-state index contributed by atoms with van der Waals surface area (Å²) < 4.78 is 4.87. The van der Waals surface area contributed by atoms with Gasteiger partial charge < -0.3 is 4.74 Å². The topological polar surface area (TPSA) is 51.2 Å². The van der Waals surface area contributed by atoms with Gasteiger partial charge >= 0.3 is 5.97 Å². The zero-order chi connectivity index (χ0) is 13.9.